The summed E-state index contributed by atoms with van der Waals surface area (Å²) in [5, 5.41) is -0.333. The predicted molar refractivity (Wildman–Crippen MR) is 142 cm³/mol. The first-order valence-electron chi connectivity index (χ1n) is 12.2. The molecule has 1 aliphatic heterocycles. The molecule has 0 saturated carbocycles. The Labute approximate surface area is 217 Å². The summed E-state index contributed by atoms with van der Waals surface area (Å²) in [6, 6.07) is 9.61. The zero-order valence-corrected chi connectivity index (χ0v) is 22.4. The highest BCUT2D eigenvalue weighted by molar-refractivity contribution is 7.90. The summed E-state index contributed by atoms with van der Waals surface area (Å²) < 4.78 is 33.6. The number of ether oxygens (including phenoxy) is 1. The van der Waals surface area contributed by atoms with E-state index in [1.807, 2.05) is 26.8 Å². The van der Waals surface area contributed by atoms with Gasteiger partial charge in [-0.3, -0.25) is 4.79 Å². The van der Waals surface area contributed by atoms with E-state index in [1.54, 1.807) is 18.3 Å². The van der Waals surface area contributed by atoms with Gasteiger partial charge in [-0.15, -0.1) is 0 Å². The van der Waals surface area contributed by atoms with Gasteiger partial charge in [0.2, 0.25) is 5.88 Å². The van der Waals surface area contributed by atoms with Crippen molar-refractivity contribution < 1.29 is 17.9 Å². The zero-order valence-electron chi connectivity index (χ0n) is 21.6. The van der Waals surface area contributed by atoms with Gasteiger partial charge in [-0.1, -0.05) is 6.07 Å². The third-order valence-electron chi connectivity index (χ3n) is 6.28. The number of carbonyl (C=O) groups excluding carboxylic acids is 1. The minimum Gasteiger partial charge on any atom is -0.475 e. The lowest BCUT2D eigenvalue weighted by Gasteiger charge is -2.29. The lowest BCUT2D eigenvalue weighted by molar-refractivity contribution is 0.0981. The van der Waals surface area contributed by atoms with Crippen molar-refractivity contribution in [2.24, 2.45) is 0 Å². The molecule has 0 aromatic carbocycles. The Kier molecular flexibility index (Phi) is 7.35. The highest BCUT2D eigenvalue weighted by atomic mass is 32.2. The van der Waals surface area contributed by atoms with Crippen LogP contribution in [0.1, 0.15) is 56.5 Å². The maximum Gasteiger partial charge on any atom is 0.281 e. The molecular formula is C26H32N6O4S. The van der Waals surface area contributed by atoms with Gasteiger partial charge in [0.15, 0.2) is 5.03 Å². The lowest BCUT2D eigenvalue weighted by Crippen LogP contribution is -2.37. The smallest absolute Gasteiger partial charge is 0.281 e. The maximum atomic E-state index is 13.3. The Morgan fingerprint density at radius 1 is 1.14 bits per heavy atom. The van der Waals surface area contributed by atoms with Crippen molar-refractivity contribution in [2.75, 3.05) is 10.6 Å². The fourth-order valence-corrected chi connectivity index (χ4v) is 5.44. The molecule has 10 nitrogen and oxygen atoms in total. The number of nitrogens with two attached hydrogens (primary N) is 1. The third kappa shape index (κ3) is 5.66. The Balaban J connectivity index is 1.75. The number of nitrogen functional groups attached to an aromatic ring is 1. The molecule has 1 saturated heterocycles. The number of hydrogen-bond donors (Lipinski definition) is 2. The molecule has 0 bridgehead atoms. The van der Waals surface area contributed by atoms with Crippen molar-refractivity contribution in [1.82, 2.24) is 19.7 Å². The minimum atomic E-state index is -4.24. The normalized spacial score (nSPS) is 17.7. The molecule has 1 amide bonds. The average Bonchev–Trinajstić information content (AvgIpc) is 3.16. The number of carbonyl (C=O) groups is 1. The van der Waals surface area contributed by atoms with E-state index in [9.17, 15) is 13.2 Å². The molecule has 1 fully saturated rings. The van der Waals surface area contributed by atoms with Crippen LogP contribution in [0.15, 0.2) is 47.6 Å². The molecule has 2 atom stereocenters. The van der Waals surface area contributed by atoms with Crippen LogP contribution in [0.4, 0.5) is 11.6 Å². The van der Waals surface area contributed by atoms with E-state index in [2.05, 4.69) is 33.4 Å². The van der Waals surface area contributed by atoms with Gasteiger partial charge in [0, 0.05) is 29.9 Å². The van der Waals surface area contributed by atoms with Crippen LogP contribution in [0.25, 0.3) is 11.3 Å². The first kappa shape index (κ1) is 26.3. The highest BCUT2D eigenvalue weighted by Gasteiger charge is 2.33. The summed E-state index contributed by atoms with van der Waals surface area (Å²) in [7, 11) is -4.24. The molecule has 0 spiro atoms. The number of aryl methyl sites for hydroxylation is 1. The Hall–Kier alpha value is -3.73. The molecule has 0 radical (unpaired) electrons. The van der Waals surface area contributed by atoms with Crippen molar-refractivity contribution in [3.8, 4) is 17.1 Å². The van der Waals surface area contributed by atoms with Crippen molar-refractivity contribution in [1.29, 1.82) is 0 Å². The first-order valence-corrected chi connectivity index (χ1v) is 13.7. The van der Waals surface area contributed by atoms with E-state index in [-0.39, 0.29) is 34.6 Å². The first-order chi connectivity index (χ1) is 17.5. The Morgan fingerprint density at radius 2 is 1.84 bits per heavy atom. The van der Waals surface area contributed by atoms with Gasteiger partial charge in [-0.2, -0.15) is 8.42 Å². The number of nitrogens with one attached hydrogen (secondary N) is 1. The minimum absolute atomic E-state index is 0.00257. The molecular weight excluding hydrogens is 492 g/mol. The van der Waals surface area contributed by atoms with E-state index in [0.29, 0.717) is 17.4 Å². The number of rotatable bonds is 7. The van der Waals surface area contributed by atoms with Crippen LogP contribution in [0.2, 0.25) is 0 Å². The lowest BCUT2D eigenvalue weighted by atomic mass is 10.1. The summed E-state index contributed by atoms with van der Waals surface area (Å²) in [5.74, 6) is 0.190. The fraction of sp³-hybridized carbons (Fsp3) is 0.385. The largest absolute Gasteiger partial charge is 0.475 e. The van der Waals surface area contributed by atoms with E-state index in [1.165, 1.54) is 18.2 Å². The molecule has 4 rings (SSSR count). The van der Waals surface area contributed by atoms with Gasteiger partial charge in [-0.05, 0) is 77.3 Å². The summed E-state index contributed by atoms with van der Waals surface area (Å²) in [5.41, 5.74) is 8.12. The molecule has 37 heavy (non-hydrogen) atoms. The third-order valence-corrected chi connectivity index (χ3v) is 7.51. The van der Waals surface area contributed by atoms with Crippen molar-refractivity contribution >= 4 is 27.6 Å². The molecule has 0 unspecified atom stereocenters. The zero-order chi connectivity index (χ0) is 26.9. The number of anilines is 2. The molecule has 3 aromatic heterocycles. The summed E-state index contributed by atoms with van der Waals surface area (Å²) in [6.07, 6.45) is 3.56. The number of nitrogens with zero attached hydrogens (tertiary/aromatic N) is 4. The van der Waals surface area contributed by atoms with Gasteiger partial charge in [0.25, 0.3) is 15.9 Å². The Morgan fingerprint density at radius 3 is 2.46 bits per heavy atom. The fourth-order valence-electron chi connectivity index (χ4n) is 4.50. The van der Waals surface area contributed by atoms with Crippen molar-refractivity contribution in [2.45, 2.75) is 70.7 Å². The van der Waals surface area contributed by atoms with Crippen molar-refractivity contribution in [3.05, 3.63) is 53.7 Å². The average molecular weight is 525 g/mol. The van der Waals surface area contributed by atoms with Crippen LogP contribution in [0, 0.1) is 6.92 Å². The second-order valence-corrected chi connectivity index (χ2v) is 11.2. The van der Waals surface area contributed by atoms with Crippen LogP contribution < -0.4 is 20.1 Å². The van der Waals surface area contributed by atoms with E-state index < -0.39 is 15.9 Å². The van der Waals surface area contributed by atoms with Crippen LogP contribution >= 0.6 is 0 Å². The summed E-state index contributed by atoms with van der Waals surface area (Å²) >= 11 is 0. The van der Waals surface area contributed by atoms with Crippen LogP contribution in [-0.4, -0.2) is 47.5 Å². The van der Waals surface area contributed by atoms with Gasteiger partial charge < -0.3 is 15.4 Å². The van der Waals surface area contributed by atoms with Gasteiger partial charge in [0.05, 0.1) is 17.4 Å². The second-order valence-electron chi connectivity index (χ2n) is 9.59. The molecule has 0 aliphatic carbocycles. The monoisotopic (exact) mass is 524 g/mol. The topological polar surface area (TPSA) is 140 Å². The number of hydrogen-bond acceptors (Lipinski definition) is 9. The van der Waals surface area contributed by atoms with Gasteiger partial charge in [0.1, 0.15) is 11.6 Å². The number of aromatic nitrogens is 3. The van der Waals surface area contributed by atoms with Crippen LogP contribution in [-0.2, 0) is 10.0 Å². The van der Waals surface area contributed by atoms with E-state index in [0.717, 1.165) is 24.0 Å². The van der Waals surface area contributed by atoms with Gasteiger partial charge >= 0.3 is 0 Å². The van der Waals surface area contributed by atoms with Crippen LogP contribution in [0.3, 0.4) is 0 Å². The molecule has 3 aromatic rings. The Bertz CT molecular complexity index is 1420. The number of sulfonamides is 1. The molecule has 1 aliphatic rings. The molecule has 11 heteroatoms. The standard InChI is InChI=1S/C26H32N6O4S/c1-15(2)36-23-13-16(3)20(14-28-23)21-12-11-19(25(29-21)32-17(4)9-10-18(32)5)26(33)31-37(34,35)24-8-6-7-22(27)30-24/h6-8,11-15,17-18H,9-10H2,1-5H3,(H2,27,30)(H,31,33)/t17-,18+. The van der Waals surface area contributed by atoms with Crippen molar-refractivity contribution in [3.63, 3.8) is 0 Å². The van der Waals surface area contributed by atoms with E-state index >= 15 is 0 Å². The van der Waals surface area contributed by atoms with Crippen LogP contribution in [0.5, 0.6) is 5.88 Å². The molecule has 196 valence electrons. The summed E-state index contributed by atoms with van der Waals surface area (Å²) in [4.78, 5) is 28.5. The highest BCUT2D eigenvalue weighted by Crippen LogP contribution is 2.34. The number of pyridine rings is 3. The SMILES string of the molecule is Cc1cc(OC(C)C)ncc1-c1ccc(C(=O)NS(=O)(=O)c2cccc(N)n2)c(N2[C@H](C)CC[C@@H]2C)n1. The van der Waals surface area contributed by atoms with E-state index in [4.69, 9.17) is 15.5 Å². The van der Waals surface area contributed by atoms with Gasteiger partial charge in [-0.25, -0.2) is 19.7 Å². The predicted octanol–water partition coefficient (Wildman–Crippen LogP) is 3.71. The quantitative estimate of drug-likeness (QED) is 0.473. The number of amides is 1. The molecule has 4 heterocycles. The maximum absolute atomic E-state index is 13.3. The second kappa shape index (κ2) is 10.3. The summed E-state index contributed by atoms with van der Waals surface area (Å²) in [6.45, 7) is 9.95. The molecule has 3 N–H and O–H groups in total.